The smallest absolute Gasteiger partial charge is 0.401 e. The second-order valence-electron chi connectivity index (χ2n) is 5.46. The van der Waals surface area contributed by atoms with Gasteiger partial charge in [0.1, 0.15) is 5.75 Å². The molecule has 0 aromatic heterocycles. The fourth-order valence-corrected chi connectivity index (χ4v) is 2.43. The Morgan fingerprint density at radius 3 is 2.29 bits per heavy atom. The van der Waals surface area contributed by atoms with Crippen LogP contribution in [0.3, 0.4) is 0 Å². The molecule has 0 fully saturated rings. The summed E-state index contributed by atoms with van der Waals surface area (Å²) in [6, 6.07) is 5.78. The minimum Gasteiger partial charge on any atom is -0.497 e. The maximum atomic E-state index is 12.8. The third kappa shape index (κ3) is 5.21. The molecule has 0 bridgehead atoms. The van der Waals surface area contributed by atoms with Crippen LogP contribution < -0.4 is 10.5 Å². The second kappa shape index (κ2) is 7.13. The largest absolute Gasteiger partial charge is 0.497 e. The molecule has 0 aliphatic carbocycles. The van der Waals surface area contributed by atoms with Gasteiger partial charge in [0.05, 0.1) is 19.7 Å². The minimum atomic E-state index is -4.27. The normalized spacial score (nSPS) is 15.3. The molecule has 1 aromatic rings. The number of methoxy groups -OCH3 is 1. The van der Waals surface area contributed by atoms with Crippen LogP contribution >= 0.6 is 0 Å². The molecule has 2 N–H and O–H groups in total. The SMILES string of the molecule is COc1cccc(C(C(C)N)N(CC(F)(F)F)C(C)C)c1. The molecule has 0 spiro atoms. The van der Waals surface area contributed by atoms with Crippen LogP contribution in [0.15, 0.2) is 24.3 Å². The Bertz CT molecular complexity index is 447. The van der Waals surface area contributed by atoms with E-state index in [-0.39, 0.29) is 6.04 Å². The fraction of sp³-hybridized carbons (Fsp3) is 0.600. The van der Waals surface area contributed by atoms with Gasteiger partial charge in [0.2, 0.25) is 0 Å². The number of halogens is 3. The van der Waals surface area contributed by atoms with Gasteiger partial charge in [-0.05, 0) is 38.5 Å². The highest BCUT2D eigenvalue weighted by Crippen LogP contribution is 2.31. The average Bonchev–Trinajstić information content (AvgIpc) is 2.36. The van der Waals surface area contributed by atoms with Gasteiger partial charge in [0.15, 0.2) is 0 Å². The number of alkyl halides is 3. The Labute approximate surface area is 123 Å². The summed E-state index contributed by atoms with van der Waals surface area (Å²) in [6.07, 6.45) is -4.27. The topological polar surface area (TPSA) is 38.5 Å². The maximum absolute atomic E-state index is 12.8. The van der Waals surface area contributed by atoms with E-state index < -0.39 is 24.8 Å². The summed E-state index contributed by atoms with van der Waals surface area (Å²) >= 11 is 0. The van der Waals surface area contributed by atoms with Crippen molar-refractivity contribution in [2.24, 2.45) is 5.73 Å². The van der Waals surface area contributed by atoms with E-state index in [0.717, 1.165) is 5.56 Å². The van der Waals surface area contributed by atoms with Crippen molar-refractivity contribution in [3.63, 3.8) is 0 Å². The standard InChI is InChI=1S/C15H23F3N2O/c1-10(2)20(9-15(16,17)18)14(11(3)19)12-6-5-7-13(8-12)21-4/h5-8,10-11,14H,9,19H2,1-4H3. The van der Waals surface area contributed by atoms with Crippen molar-refractivity contribution in [3.8, 4) is 5.75 Å². The predicted molar refractivity (Wildman–Crippen MR) is 77.3 cm³/mol. The Balaban J connectivity index is 3.18. The van der Waals surface area contributed by atoms with E-state index in [2.05, 4.69) is 0 Å². The van der Waals surface area contributed by atoms with Crippen LogP contribution in [-0.2, 0) is 0 Å². The summed E-state index contributed by atoms with van der Waals surface area (Å²) in [6.45, 7) is 4.20. The van der Waals surface area contributed by atoms with Gasteiger partial charge in [-0.2, -0.15) is 13.2 Å². The van der Waals surface area contributed by atoms with E-state index in [4.69, 9.17) is 10.5 Å². The molecule has 1 rings (SSSR count). The summed E-state index contributed by atoms with van der Waals surface area (Å²) in [4.78, 5) is 1.37. The maximum Gasteiger partial charge on any atom is 0.401 e. The molecule has 2 atom stereocenters. The molecular formula is C15H23F3N2O. The van der Waals surface area contributed by atoms with Crippen molar-refractivity contribution in [2.45, 2.75) is 45.1 Å². The lowest BCUT2D eigenvalue weighted by Crippen LogP contribution is -2.47. The third-order valence-electron chi connectivity index (χ3n) is 3.32. The summed E-state index contributed by atoms with van der Waals surface area (Å²) in [5.74, 6) is 0.605. The van der Waals surface area contributed by atoms with Crippen LogP contribution in [-0.4, -0.2) is 36.8 Å². The van der Waals surface area contributed by atoms with Crippen LogP contribution in [0.2, 0.25) is 0 Å². The molecule has 0 radical (unpaired) electrons. The van der Waals surface area contributed by atoms with Gasteiger partial charge in [-0.1, -0.05) is 12.1 Å². The van der Waals surface area contributed by atoms with Crippen LogP contribution in [0, 0.1) is 0 Å². The predicted octanol–water partition coefficient (Wildman–Crippen LogP) is 3.36. The van der Waals surface area contributed by atoms with Crippen molar-refractivity contribution in [2.75, 3.05) is 13.7 Å². The first kappa shape index (κ1) is 17.8. The quantitative estimate of drug-likeness (QED) is 0.876. The van der Waals surface area contributed by atoms with E-state index in [9.17, 15) is 13.2 Å². The summed E-state index contributed by atoms with van der Waals surface area (Å²) < 4.78 is 43.7. The van der Waals surface area contributed by atoms with Gasteiger partial charge in [-0.15, -0.1) is 0 Å². The summed E-state index contributed by atoms with van der Waals surface area (Å²) in [5, 5.41) is 0. The molecule has 3 nitrogen and oxygen atoms in total. The second-order valence-corrected chi connectivity index (χ2v) is 5.46. The first-order chi connectivity index (χ1) is 9.65. The van der Waals surface area contributed by atoms with Crippen molar-refractivity contribution >= 4 is 0 Å². The lowest BCUT2D eigenvalue weighted by molar-refractivity contribution is -0.156. The molecule has 0 saturated carbocycles. The molecule has 6 heteroatoms. The highest BCUT2D eigenvalue weighted by Gasteiger charge is 2.37. The molecule has 0 aliphatic rings. The summed E-state index contributed by atoms with van der Waals surface area (Å²) in [5.41, 5.74) is 6.69. The molecule has 0 aliphatic heterocycles. The first-order valence-corrected chi connectivity index (χ1v) is 6.87. The van der Waals surface area contributed by atoms with Crippen molar-refractivity contribution < 1.29 is 17.9 Å². The zero-order valence-electron chi connectivity index (χ0n) is 12.8. The number of hydrogen-bond acceptors (Lipinski definition) is 3. The average molecular weight is 304 g/mol. The Kier molecular flexibility index (Phi) is 6.04. The zero-order chi connectivity index (χ0) is 16.2. The van der Waals surface area contributed by atoms with Gasteiger partial charge >= 0.3 is 6.18 Å². The molecule has 2 unspecified atom stereocenters. The number of hydrogen-bond donors (Lipinski definition) is 1. The number of ether oxygens (including phenoxy) is 1. The lowest BCUT2D eigenvalue weighted by Gasteiger charge is -2.38. The number of nitrogens with zero attached hydrogens (tertiary/aromatic N) is 1. The molecule has 21 heavy (non-hydrogen) atoms. The minimum absolute atomic E-state index is 0.283. The first-order valence-electron chi connectivity index (χ1n) is 6.87. The number of rotatable bonds is 6. The Morgan fingerprint density at radius 1 is 1.24 bits per heavy atom. The fourth-order valence-electron chi connectivity index (χ4n) is 2.43. The van der Waals surface area contributed by atoms with Crippen molar-refractivity contribution in [3.05, 3.63) is 29.8 Å². The van der Waals surface area contributed by atoms with Crippen molar-refractivity contribution in [1.29, 1.82) is 0 Å². The molecule has 120 valence electrons. The van der Waals surface area contributed by atoms with Crippen LogP contribution in [0.1, 0.15) is 32.4 Å². The Hall–Kier alpha value is -1.27. The van der Waals surface area contributed by atoms with Crippen LogP contribution in [0.5, 0.6) is 5.75 Å². The van der Waals surface area contributed by atoms with Gasteiger partial charge in [0.25, 0.3) is 0 Å². The van der Waals surface area contributed by atoms with Gasteiger partial charge in [-0.25, -0.2) is 0 Å². The highest BCUT2D eigenvalue weighted by atomic mass is 19.4. The van der Waals surface area contributed by atoms with E-state index in [1.807, 2.05) is 0 Å². The molecule has 0 heterocycles. The van der Waals surface area contributed by atoms with Crippen LogP contribution in [0.25, 0.3) is 0 Å². The molecular weight excluding hydrogens is 281 g/mol. The van der Waals surface area contributed by atoms with E-state index in [1.54, 1.807) is 45.0 Å². The lowest BCUT2D eigenvalue weighted by atomic mass is 9.97. The van der Waals surface area contributed by atoms with E-state index in [1.165, 1.54) is 12.0 Å². The summed E-state index contributed by atoms with van der Waals surface area (Å²) in [7, 11) is 1.52. The molecule has 0 saturated heterocycles. The Morgan fingerprint density at radius 2 is 1.86 bits per heavy atom. The number of nitrogens with two attached hydrogens (primary N) is 1. The van der Waals surface area contributed by atoms with Gasteiger partial charge in [-0.3, -0.25) is 4.90 Å². The monoisotopic (exact) mass is 304 g/mol. The molecule has 1 aromatic carbocycles. The van der Waals surface area contributed by atoms with E-state index >= 15 is 0 Å². The van der Waals surface area contributed by atoms with Gasteiger partial charge < -0.3 is 10.5 Å². The number of benzene rings is 1. The highest BCUT2D eigenvalue weighted by molar-refractivity contribution is 5.31. The van der Waals surface area contributed by atoms with Gasteiger partial charge in [0, 0.05) is 12.1 Å². The van der Waals surface area contributed by atoms with E-state index in [0.29, 0.717) is 5.75 Å². The van der Waals surface area contributed by atoms with Crippen molar-refractivity contribution in [1.82, 2.24) is 4.90 Å². The van der Waals surface area contributed by atoms with Crippen LogP contribution in [0.4, 0.5) is 13.2 Å². The zero-order valence-corrected chi connectivity index (χ0v) is 12.8. The molecule has 0 amide bonds. The third-order valence-corrected chi connectivity index (χ3v) is 3.32.